The number of carbonyl (C=O) groups excluding carboxylic acids is 1. The number of carbonyl (C=O) groups is 1. The number of ether oxygens (including phenoxy) is 1. The Labute approximate surface area is 185 Å². The molecule has 0 bridgehead atoms. The molecule has 0 saturated heterocycles. The number of benzene rings is 1. The number of hydrogen-bond acceptors (Lipinski definition) is 7. The first-order chi connectivity index (χ1) is 15.1. The second-order valence-corrected chi connectivity index (χ2v) is 7.16. The molecule has 0 spiro atoms. The fraction of sp³-hybridized carbons (Fsp3) is 0.174. The number of hydrogen-bond donors (Lipinski definition) is 1. The van der Waals surface area contributed by atoms with Gasteiger partial charge in [-0.1, -0.05) is 13.8 Å². The fourth-order valence-corrected chi connectivity index (χ4v) is 3.66. The highest BCUT2D eigenvalue weighted by Gasteiger charge is 2.14. The van der Waals surface area contributed by atoms with Gasteiger partial charge in [0.05, 0.1) is 11.9 Å². The number of nitrogens with zero attached hydrogens (tertiary/aromatic N) is 4. The third-order valence-electron chi connectivity index (χ3n) is 4.19. The van der Waals surface area contributed by atoms with Gasteiger partial charge >= 0.3 is 0 Å². The second kappa shape index (κ2) is 10.4. The van der Waals surface area contributed by atoms with Crippen molar-refractivity contribution in [3.05, 3.63) is 77.3 Å². The van der Waals surface area contributed by atoms with Crippen LogP contribution in [0.15, 0.2) is 60.6 Å². The molecule has 0 atom stereocenters. The first kappa shape index (κ1) is 22.0. The van der Waals surface area contributed by atoms with E-state index in [1.165, 1.54) is 11.3 Å². The van der Waals surface area contributed by atoms with Gasteiger partial charge < -0.3 is 4.74 Å². The van der Waals surface area contributed by atoms with Gasteiger partial charge in [0.25, 0.3) is 5.91 Å². The summed E-state index contributed by atoms with van der Waals surface area (Å²) in [6.07, 6.45) is 7.91. The minimum atomic E-state index is -0.213. The Morgan fingerprint density at radius 2 is 1.71 bits per heavy atom. The van der Waals surface area contributed by atoms with Gasteiger partial charge in [-0.3, -0.25) is 20.1 Å². The summed E-state index contributed by atoms with van der Waals surface area (Å²) >= 11 is 1.38. The van der Waals surface area contributed by atoms with Crippen molar-refractivity contribution in [3.8, 4) is 22.9 Å². The van der Waals surface area contributed by atoms with Crippen molar-refractivity contribution >= 4 is 22.4 Å². The van der Waals surface area contributed by atoms with Crippen LogP contribution in [0.5, 0.6) is 11.6 Å². The number of pyridine rings is 1. The molecule has 8 heteroatoms. The smallest absolute Gasteiger partial charge is 0.257 e. The summed E-state index contributed by atoms with van der Waals surface area (Å²) in [6, 6.07) is 7.19. The number of anilines is 1. The van der Waals surface area contributed by atoms with Crippen molar-refractivity contribution in [2.45, 2.75) is 27.7 Å². The number of aryl methyl sites for hydroxylation is 2. The van der Waals surface area contributed by atoms with E-state index in [1.54, 1.807) is 43.1 Å². The quantitative estimate of drug-likeness (QED) is 0.435. The molecule has 4 aromatic rings. The molecule has 1 N–H and O–H groups in total. The van der Waals surface area contributed by atoms with Crippen LogP contribution >= 0.6 is 11.3 Å². The van der Waals surface area contributed by atoms with E-state index in [0.717, 1.165) is 22.4 Å². The number of aromatic nitrogens is 4. The standard InChI is InChI=1S/C21H17N5O2S.C2H6/c1-13-9-16(28-18-11-23-7-8-24-18)10-14(2)19(13)17-12-29-21(25-17)26-20(27)15-3-5-22-6-4-15;1-2/h3-12H,1-2H3,(H,25,26,27);1-2H3. The van der Waals surface area contributed by atoms with E-state index in [-0.39, 0.29) is 5.91 Å². The van der Waals surface area contributed by atoms with E-state index in [4.69, 9.17) is 4.74 Å². The van der Waals surface area contributed by atoms with Crippen molar-refractivity contribution in [2.75, 3.05) is 5.32 Å². The van der Waals surface area contributed by atoms with Crippen molar-refractivity contribution in [1.29, 1.82) is 0 Å². The molecule has 7 nitrogen and oxygen atoms in total. The van der Waals surface area contributed by atoms with Crippen LogP contribution in [0.3, 0.4) is 0 Å². The highest BCUT2D eigenvalue weighted by atomic mass is 32.1. The van der Waals surface area contributed by atoms with Crippen LogP contribution in [0.1, 0.15) is 35.3 Å². The van der Waals surface area contributed by atoms with Crippen LogP contribution in [0.25, 0.3) is 11.3 Å². The predicted molar refractivity (Wildman–Crippen MR) is 123 cm³/mol. The lowest BCUT2D eigenvalue weighted by molar-refractivity contribution is 0.102. The van der Waals surface area contributed by atoms with E-state index in [9.17, 15) is 4.79 Å². The summed E-state index contributed by atoms with van der Waals surface area (Å²) in [5, 5.41) is 5.31. The number of rotatable bonds is 5. The molecule has 0 aliphatic heterocycles. The van der Waals surface area contributed by atoms with E-state index in [1.807, 2.05) is 45.2 Å². The topological polar surface area (TPSA) is 89.9 Å². The van der Waals surface area contributed by atoms with Gasteiger partial charge in [-0.05, 0) is 49.2 Å². The molecule has 3 heterocycles. The summed E-state index contributed by atoms with van der Waals surface area (Å²) in [6.45, 7) is 8.00. The lowest BCUT2D eigenvalue weighted by atomic mass is 10.0. The first-order valence-corrected chi connectivity index (χ1v) is 10.7. The van der Waals surface area contributed by atoms with Gasteiger partial charge in [0, 0.05) is 41.3 Å². The zero-order valence-corrected chi connectivity index (χ0v) is 18.6. The van der Waals surface area contributed by atoms with Crippen molar-refractivity contribution < 1.29 is 9.53 Å². The Morgan fingerprint density at radius 1 is 1.00 bits per heavy atom. The van der Waals surface area contributed by atoms with Gasteiger partial charge in [0.1, 0.15) is 5.75 Å². The summed E-state index contributed by atoms with van der Waals surface area (Å²) < 4.78 is 5.78. The molecular weight excluding hydrogens is 410 g/mol. The number of thiazole rings is 1. The molecule has 158 valence electrons. The number of nitrogens with one attached hydrogen (secondary N) is 1. The van der Waals surface area contributed by atoms with E-state index >= 15 is 0 Å². The molecule has 3 aromatic heterocycles. The van der Waals surface area contributed by atoms with Crippen LogP contribution in [0.2, 0.25) is 0 Å². The van der Waals surface area contributed by atoms with Gasteiger partial charge in [-0.15, -0.1) is 11.3 Å². The second-order valence-electron chi connectivity index (χ2n) is 6.31. The molecule has 1 aromatic carbocycles. The van der Waals surface area contributed by atoms with E-state index in [0.29, 0.717) is 22.3 Å². The Bertz CT molecular complexity index is 1120. The van der Waals surface area contributed by atoms with Crippen molar-refractivity contribution in [3.63, 3.8) is 0 Å². The summed E-state index contributed by atoms with van der Waals surface area (Å²) in [5.41, 5.74) is 4.38. The molecule has 1 amide bonds. The van der Waals surface area contributed by atoms with Crippen molar-refractivity contribution in [2.24, 2.45) is 0 Å². The molecule has 0 saturated carbocycles. The monoisotopic (exact) mass is 433 g/mol. The average molecular weight is 434 g/mol. The molecular formula is C23H23N5O2S. The molecule has 0 unspecified atom stereocenters. The van der Waals surface area contributed by atoms with Crippen LogP contribution in [-0.2, 0) is 0 Å². The highest BCUT2D eigenvalue weighted by Crippen LogP contribution is 2.34. The largest absolute Gasteiger partial charge is 0.437 e. The maximum absolute atomic E-state index is 12.3. The van der Waals surface area contributed by atoms with Crippen LogP contribution in [0.4, 0.5) is 5.13 Å². The normalized spacial score (nSPS) is 10.1. The van der Waals surface area contributed by atoms with Crippen LogP contribution < -0.4 is 10.1 Å². The summed E-state index contributed by atoms with van der Waals surface area (Å²) in [4.78, 5) is 29.0. The maximum Gasteiger partial charge on any atom is 0.257 e. The molecule has 0 radical (unpaired) electrons. The predicted octanol–water partition coefficient (Wildman–Crippen LogP) is 5.68. The van der Waals surface area contributed by atoms with Gasteiger partial charge in [0.15, 0.2) is 5.13 Å². The molecule has 0 aliphatic carbocycles. The molecule has 31 heavy (non-hydrogen) atoms. The highest BCUT2D eigenvalue weighted by molar-refractivity contribution is 7.14. The van der Waals surface area contributed by atoms with Crippen LogP contribution in [-0.4, -0.2) is 25.8 Å². The average Bonchev–Trinajstić information content (AvgIpc) is 3.24. The fourth-order valence-electron chi connectivity index (χ4n) is 2.96. The lowest BCUT2D eigenvalue weighted by Gasteiger charge is -2.11. The zero-order valence-electron chi connectivity index (χ0n) is 17.8. The first-order valence-electron chi connectivity index (χ1n) is 9.82. The minimum Gasteiger partial charge on any atom is -0.437 e. The third kappa shape index (κ3) is 5.49. The third-order valence-corrected chi connectivity index (χ3v) is 4.95. The molecule has 4 rings (SSSR count). The van der Waals surface area contributed by atoms with E-state index < -0.39 is 0 Å². The minimum absolute atomic E-state index is 0.213. The summed E-state index contributed by atoms with van der Waals surface area (Å²) in [7, 11) is 0. The molecule has 0 aliphatic rings. The van der Waals surface area contributed by atoms with Crippen molar-refractivity contribution in [1.82, 2.24) is 19.9 Å². The van der Waals surface area contributed by atoms with Crippen LogP contribution in [0, 0.1) is 13.8 Å². The van der Waals surface area contributed by atoms with Gasteiger partial charge in [0.2, 0.25) is 5.88 Å². The van der Waals surface area contributed by atoms with Gasteiger partial charge in [-0.2, -0.15) is 0 Å². The summed E-state index contributed by atoms with van der Waals surface area (Å²) in [5.74, 6) is 0.911. The Hall–Kier alpha value is -3.65. The Balaban J connectivity index is 0.00000132. The zero-order chi connectivity index (χ0) is 22.2. The number of amides is 1. The Kier molecular flexibility index (Phi) is 7.40. The molecule has 0 fully saturated rings. The maximum atomic E-state index is 12.3. The lowest BCUT2D eigenvalue weighted by Crippen LogP contribution is -2.11. The SMILES string of the molecule is CC.Cc1cc(Oc2cnccn2)cc(C)c1-c1csc(NC(=O)c2ccncc2)n1. The van der Waals surface area contributed by atoms with E-state index in [2.05, 4.69) is 25.3 Å². The Morgan fingerprint density at radius 3 is 2.35 bits per heavy atom. The van der Waals surface area contributed by atoms with Gasteiger partial charge in [-0.25, -0.2) is 9.97 Å².